The first-order valence-corrected chi connectivity index (χ1v) is 5.84. The minimum atomic E-state index is -2.06. The molecule has 0 spiro atoms. The number of pyridine rings is 1. The topological polar surface area (TPSA) is 42.3 Å². The molecule has 1 aromatic heterocycles. The molecule has 1 rings (SSSR count). The average molecular weight is 184 g/mol. The van der Waals surface area contributed by atoms with Crippen LogP contribution in [0, 0.1) is 0 Å². The summed E-state index contributed by atoms with van der Waals surface area (Å²) in [5, 5.41) is 0. The first-order chi connectivity index (χ1) is 5.64. The highest BCUT2D eigenvalue weighted by molar-refractivity contribution is 7.93. The van der Waals surface area contributed by atoms with Gasteiger partial charge in [-0.05, 0) is 12.1 Å². The van der Waals surface area contributed by atoms with Gasteiger partial charge in [-0.2, -0.15) is 4.36 Å². The molecule has 0 saturated carbocycles. The van der Waals surface area contributed by atoms with E-state index in [2.05, 4.69) is 9.35 Å². The molecule has 1 atom stereocenters. The van der Waals surface area contributed by atoms with E-state index in [0.717, 1.165) is 0 Å². The van der Waals surface area contributed by atoms with E-state index in [1.165, 1.54) is 0 Å². The van der Waals surface area contributed by atoms with Crippen LogP contribution in [0.25, 0.3) is 0 Å². The van der Waals surface area contributed by atoms with E-state index in [1.54, 1.807) is 18.5 Å². The van der Waals surface area contributed by atoms with Gasteiger partial charge >= 0.3 is 0 Å². The highest BCUT2D eigenvalue weighted by atomic mass is 32.2. The van der Waals surface area contributed by atoms with E-state index in [4.69, 9.17) is 0 Å². The van der Waals surface area contributed by atoms with Gasteiger partial charge in [0.05, 0.1) is 9.73 Å². The third-order valence-corrected chi connectivity index (χ3v) is 3.12. The van der Waals surface area contributed by atoms with Gasteiger partial charge in [-0.3, -0.25) is 0 Å². The number of hydrogen-bond donors (Lipinski definition) is 0. The predicted octanol–water partition coefficient (Wildman–Crippen LogP) is 1.83. The van der Waals surface area contributed by atoms with Gasteiger partial charge in [0.2, 0.25) is 0 Å². The van der Waals surface area contributed by atoms with Crippen molar-refractivity contribution in [3.05, 3.63) is 24.4 Å². The Labute approximate surface area is 73.0 Å². The summed E-state index contributed by atoms with van der Waals surface area (Å²) in [6, 6.07) is 5.39. The Morgan fingerprint density at radius 2 is 2.33 bits per heavy atom. The van der Waals surface area contributed by atoms with Gasteiger partial charge in [-0.25, -0.2) is 9.19 Å². The summed E-state index contributed by atoms with van der Waals surface area (Å²) in [7, 11) is -2.06. The predicted molar refractivity (Wildman–Crippen MR) is 50.9 cm³/mol. The zero-order valence-electron chi connectivity index (χ0n) is 7.23. The van der Waals surface area contributed by atoms with Crippen LogP contribution in [0.5, 0.6) is 0 Å². The molecule has 12 heavy (non-hydrogen) atoms. The van der Waals surface area contributed by atoms with Gasteiger partial charge in [0, 0.05) is 18.2 Å². The Kier molecular flexibility index (Phi) is 2.81. The highest BCUT2D eigenvalue weighted by Crippen LogP contribution is 2.08. The van der Waals surface area contributed by atoms with E-state index in [-0.39, 0.29) is 0 Å². The molecular weight excluding hydrogens is 172 g/mol. The molecule has 0 fully saturated rings. The third-order valence-electron chi connectivity index (χ3n) is 1.47. The molecule has 0 aliphatic rings. The van der Waals surface area contributed by atoms with Gasteiger partial charge in [0.25, 0.3) is 0 Å². The summed E-state index contributed by atoms with van der Waals surface area (Å²) in [4.78, 5) is 3.97. The highest BCUT2D eigenvalue weighted by Gasteiger charge is 1.96. The largest absolute Gasteiger partial charge is 0.250 e. The van der Waals surface area contributed by atoms with Crippen molar-refractivity contribution in [1.82, 2.24) is 4.98 Å². The second-order valence-corrected chi connectivity index (χ2v) is 5.21. The van der Waals surface area contributed by atoms with E-state index >= 15 is 0 Å². The lowest BCUT2D eigenvalue weighted by atomic mass is 10.5. The van der Waals surface area contributed by atoms with Gasteiger partial charge in [-0.1, -0.05) is 13.0 Å². The van der Waals surface area contributed by atoms with Crippen molar-refractivity contribution >= 4 is 15.5 Å². The standard InChI is InChI=1S/C8H12N2OS/c1-3-12(2,11)10-8-6-4-5-7-9-8/h4-7H,3H2,1-2H3/t12-/m1/s1. The Balaban J connectivity index is 3.04. The molecule has 0 aromatic carbocycles. The fraction of sp³-hybridized carbons (Fsp3) is 0.375. The fourth-order valence-corrected chi connectivity index (χ4v) is 1.30. The number of rotatable bonds is 2. The SMILES string of the molecule is CC[S@@](C)(=O)=Nc1ccccn1. The fourth-order valence-electron chi connectivity index (χ4n) is 0.670. The first kappa shape index (κ1) is 9.19. The molecule has 0 bridgehead atoms. The van der Waals surface area contributed by atoms with E-state index in [9.17, 15) is 4.21 Å². The Bertz CT molecular complexity index is 353. The molecule has 1 aromatic rings. The molecule has 0 N–H and O–H groups in total. The lowest BCUT2D eigenvalue weighted by Crippen LogP contribution is -1.97. The molecular formula is C8H12N2OS. The lowest BCUT2D eigenvalue weighted by Gasteiger charge is -1.97. The average Bonchev–Trinajstić information content (AvgIpc) is 2.06. The van der Waals surface area contributed by atoms with Gasteiger partial charge < -0.3 is 0 Å². The first-order valence-electron chi connectivity index (χ1n) is 3.75. The van der Waals surface area contributed by atoms with Gasteiger partial charge in [-0.15, -0.1) is 0 Å². The van der Waals surface area contributed by atoms with Crippen LogP contribution in [0.1, 0.15) is 6.92 Å². The Hall–Kier alpha value is -0.900. The molecule has 0 radical (unpaired) electrons. The number of nitrogens with zero attached hydrogens (tertiary/aromatic N) is 2. The molecule has 1 heterocycles. The van der Waals surface area contributed by atoms with Crippen molar-refractivity contribution < 1.29 is 4.21 Å². The van der Waals surface area contributed by atoms with Crippen LogP contribution >= 0.6 is 0 Å². The lowest BCUT2D eigenvalue weighted by molar-refractivity contribution is 0.681. The second kappa shape index (κ2) is 3.67. The minimum absolute atomic E-state index is 0.548. The van der Waals surface area contributed by atoms with E-state index < -0.39 is 9.73 Å². The van der Waals surface area contributed by atoms with Gasteiger partial charge in [0.1, 0.15) is 0 Å². The van der Waals surface area contributed by atoms with Crippen LogP contribution < -0.4 is 0 Å². The third kappa shape index (κ3) is 2.62. The summed E-state index contributed by atoms with van der Waals surface area (Å²) in [6.45, 7) is 1.86. The maximum atomic E-state index is 11.5. The van der Waals surface area contributed by atoms with Crippen molar-refractivity contribution in [3.63, 3.8) is 0 Å². The Morgan fingerprint density at radius 3 is 2.83 bits per heavy atom. The molecule has 0 saturated heterocycles. The quantitative estimate of drug-likeness (QED) is 0.703. The molecule has 0 unspecified atom stereocenters. The zero-order valence-corrected chi connectivity index (χ0v) is 8.04. The maximum Gasteiger partial charge on any atom is 0.161 e. The van der Waals surface area contributed by atoms with Crippen LogP contribution in [-0.2, 0) is 9.73 Å². The zero-order chi connectivity index (χ0) is 9.03. The summed E-state index contributed by atoms with van der Waals surface area (Å²) >= 11 is 0. The smallest absolute Gasteiger partial charge is 0.161 e. The van der Waals surface area contributed by atoms with E-state index in [1.807, 2.05) is 19.1 Å². The van der Waals surface area contributed by atoms with Crippen molar-refractivity contribution in [2.24, 2.45) is 4.36 Å². The second-order valence-electron chi connectivity index (χ2n) is 2.53. The maximum absolute atomic E-state index is 11.5. The van der Waals surface area contributed by atoms with Crippen LogP contribution in [0.15, 0.2) is 28.8 Å². The number of aromatic nitrogens is 1. The van der Waals surface area contributed by atoms with Crippen molar-refractivity contribution in [2.75, 3.05) is 12.0 Å². The van der Waals surface area contributed by atoms with Crippen molar-refractivity contribution in [1.29, 1.82) is 0 Å². The molecule has 0 aliphatic carbocycles. The van der Waals surface area contributed by atoms with Crippen LogP contribution in [0.4, 0.5) is 5.82 Å². The van der Waals surface area contributed by atoms with Crippen LogP contribution in [0.3, 0.4) is 0 Å². The molecule has 66 valence electrons. The van der Waals surface area contributed by atoms with Crippen molar-refractivity contribution in [3.8, 4) is 0 Å². The van der Waals surface area contributed by atoms with Crippen LogP contribution in [0.2, 0.25) is 0 Å². The summed E-state index contributed by atoms with van der Waals surface area (Å²) in [5.41, 5.74) is 0. The van der Waals surface area contributed by atoms with Gasteiger partial charge in [0.15, 0.2) is 5.82 Å². The normalized spacial score (nSPS) is 15.2. The van der Waals surface area contributed by atoms with Crippen LogP contribution in [-0.4, -0.2) is 21.2 Å². The van der Waals surface area contributed by atoms with E-state index in [0.29, 0.717) is 11.6 Å². The molecule has 0 aliphatic heterocycles. The summed E-state index contributed by atoms with van der Waals surface area (Å²) < 4.78 is 15.5. The molecule has 0 amide bonds. The summed E-state index contributed by atoms with van der Waals surface area (Å²) in [6.07, 6.45) is 3.28. The monoisotopic (exact) mass is 184 g/mol. The molecule has 3 nitrogen and oxygen atoms in total. The Morgan fingerprint density at radius 1 is 1.58 bits per heavy atom. The number of hydrogen-bond acceptors (Lipinski definition) is 3. The summed E-state index contributed by atoms with van der Waals surface area (Å²) in [5.74, 6) is 1.11. The minimum Gasteiger partial charge on any atom is -0.250 e. The van der Waals surface area contributed by atoms with Crippen molar-refractivity contribution in [2.45, 2.75) is 6.92 Å². The molecule has 4 heteroatoms.